The van der Waals surface area contributed by atoms with Crippen LogP contribution in [0.5, 0.6) is 0 Å². The van der Waals surface area contributed by atoms with Crippen LogP contribution in [0.3, 0.4) is 0 Å². The normalized spacial score (nSPS) is 7.00. The molecule has 0 fully saturated rings. The molecule has 1 N–H and O–H groups in total. The van der Waals surface area contributed by atoms with Crippen molar-refractivity contribution in [3.8, 4) is 0 Å². The Bertz CT molecular complexity index is 250. The second kappa shape index (κ2) is 13.0. The second-order valence-electron chi connectivity index (χ2n) is 2.41. The topological polar surface area (TPSA) is 97.7 Å². The largest absolute Gasteiger partial charge is 0.481 e. The smallest absolute Gasteiger partial charge is 0.307 e. The zero-order chi connectivity index (χ0) is 13.7. The number of hydrogen-bond donors (Lipinski definition) is 1. The number of carboxylic acid groups (broad SMARTS) is 1. The van der Waals surface area contributed by atoms with Crippen molar-refractivity contribution in [2.75, 3.05) is 0 Å². The molecule has 0 saturated carbocycles. The molecule has 0 rings (SSSR count). The Kier molecular flexibility index (Phi) is 15.9. The number of carbonyl (C=O) groups excluding carboxylic acids is 3. The summed E-state index contributed by atoms with van der Waals surface area (Å²) in [4.78, 5) is 38.3. The van der Waals surface area contributed by atoms with Crippen molar-refractivity contribution in [2.45, 2.75) is 27.7 Å². The van der Waals surface area contributed by atoms with Crippen LogP contribution in [-0.2, 0) is 23.9 Å². The standard InChI is InChI=1S/2C4H6O2.C2H4O2/c1-3-6-4(2)5;1-3(5)4(2)6;1-2(3)4/h3H,1H2,2H3;1-2H3;1H3,(H,3,4). The monoisotopic (exact) mass is 232 g/mol. The van der Waals surface area contributed by atoms with Gasteiger partial charge in [0, 0.05) is 27.7 Å². The number of hydrogen-bond acceptors (Lipinski definition) is 5. The number of carboxylic acids is 1. The Balaban J connectivity index is -0.000000162. The van der Waals surface area contributed by atoms with Gasteiger partial charge in [-0.2, -0.15) is 0 Å². The molecule has 0 radical (unpaired) electrons. The van der Waals surface area contributed by atoms with E-state index in [9.17, 15) is 14.4 Å². The van der Waals surface area contributed by atoms with Crippen molar-refractivity contribution in [3.63, 3.8) is 0 Å². The third-order valence-corrected chi connectivity index (χ3v) is 0.745. The van der Waals surface area contributed by atoms with E-state index in [4.69, 9.17) is 9.90 Å². The van der Waals surface area contributed by atoms with E-state index in [1.807, 2.05) is 0 Å². The van der Waals surface area contributed by atoms with Gasteiger partial charge in [0.2, 0.25) is 0 Å². The van der Waals surface area contributed by atoms with E-state index >= 15 is 0 Å². The Labute approximate surface area is 93.9 Å². The minimum atomic E-state index is -0.833. The molecule has 6 nitrogen and oxygen atoms in total. The first kappa shape index (κ1) is 19.6. The number of aliphatic carboxylic acids is 1. The Hall–Kier alpha value is -1.98. The van der Waals surface area contributed by atoms with Gasteiger partial charge in [0.1, 0.15) is 0 Å². The number of esters is 1. The van der Waals surface area contributed by atoms with E-state index in [1.54, 1.807) is 0 Å². The molecule has 0 unspecified atom stereocenters. The average molecular weight is 232 g/mol. The molecule has 0 bridgehead atoms. The van der Waals surface area contributed by atoms with Crippen molar-refractivity contribution >= 4 is 23.5 Å². The van der Waals surface area contributed by atoms with Crippen molar-refractivity contribution in [2.24, 2.45) is 0 Å². The molecule has 0 aliphatic rings. The van der Waals surface area contributed by atoms with Gasteiger partial charge in [-0.05, 0) is 0 Å². The zero-order valence-electron chi connectivity index (χ0n) is 9.77. The van der Waals surface area contributed by atoms with Crippen LogP contribution >= 0.6 is 0 Å². The molecule has 0 aromatic carbocycles. The summed E-state index contributed by atoms with van der Waals surface area (Å²) in [7, 11) is 0. The van der Waals surface area contributed by atoms with E-state index in [0.717, 1.165) is 13.2 Å². The molecule has 0 saturated heterocycles. The highest BCUT2D eigenvalue weighted by Gasteiger charge is 1.94. The molecule has 92 valence electrons. The van der Waals surface area contributed by atoms with Crippen LogP contribution in [0.15, 0.2) is 12.8 Å². The van der Waals surface area contributed by atoms with E-state index in [-0.39, 0.29) is 17.5 Å². The Morgan fingerprint density at radius 3 is 1.25 bits per heavy atom. The first-order valence-corrected chi connectivity index (χ1v) is 4.14. The maximum Gasteiger partial charge on any atom is 0.307 e. The van der Waals surface area contributed by atoms with Gasteiger partial charge in [-0.15, -0.1) is 0 Å². The highest BCUT2D eigenvalue weighted by molar-refractivity contribution is 6.35. The van der Waals surface area contributed by atoms with Crippen LogP contribution in [0.2, 0.25) is 0 Å². The van der Waals surface area contributed by atoms with E-state index < -0.39 is 5.97 Å². The van der Waals surface area contributed by atoms with Crippen LogP contribution in [0.1, 0.15) is 27.7 Å². The van der Waals surface area contributed by atoms with Gasteiger partial charge in [-0.25, -0.2) is 0 Å². The van der Waals surface area contributed by atoms with Crippen molar-refractivity contribution in [1.29, 1.82) is 0 Å². The lowest BCUT2D eigenvalue weighted by Crippen LogP contribution is -2.01. The van der Waals surface area contributed by atoms with Crippen LogP contribution in [0.4, 0.5) is 0 Å². The van der Waals surface area contributed by atoms with Gasteiger partial charge >= 0.3 is 5.97 Å². The molecule has 0 spiro atoms. The molecular formula is C10H16O6. The molecule has 16 heavy (non-hydrogen) atoms. The summed E-state index contributed by atoms with van der Waals surface area (Å²) >= 11 is 0. The van der Waals surface area contributed by atoms with Gasteiger partial charge in [0.05, 0.1) is 6.26 Å². The molecule has 0 heterocycles. The van der Waals surface area contributed by atoms with Crippen LogP contribution < -0.4 is 0 Å². The fourth-order valence-corrected chi connectivity index (χ4v) is 0.117. The van der Waals surface area contributed by atoms with Gasteiger partial charge in [-0.1, -0.05) is 6.58 Å². The summed E-state index contributed by atoms with van der Waals surface area (Å²) in [6.45, 7) is 8.07. The predicted molar refractivity (Wildman–Crippen MR) is 56.6 cm³/mol. The molecule has 0 aliphatic heterocycles. The number of carbonyl (C=O) groups is 4. The Morgan fingerprint density at radius 2 is 1.25 bits per heavy atom. The van der Waals surface area contributed by atoms with E-state index in [0.29, 0.717) is 0 Å². The molecule has 6 heteroatoms. The lowest BCUT2D eigenvalue weighted by Gasteiger charge is -1.83. The van der Waals surface area contributed by atoms with E-state index in [1.165, 1.54) is 20.8 Å². The molecule has 0 aromatic rings. The lowest BCUT2D eigenvalue weighted by atomic mass is 10.3. The molecule has 0 aliphatic carbocycles. The first-order valence-electron chi connectivity index (χ1n) is 4.14. The fraction of sp³-hybridized carbons (Fsp3) is 0.400. The van der Waals surface area contributed by atoms with Gasteiger partial charge < -0.3 is 9.84 Å². The summed E-state index contributed by atoms with van der Waals surface area (Å²) in [5.74, 6) is -1.92. The zero-order valence-corrected chi connectivity index (χ0v) is 9.77. The van der Waals surface area contributed by atoms with Crippen LogP contribution in [-0.4, -0.2) is 28.6 Å². The maximum absolute atomic E-state index is 9.79. The quantitative estimate of drug-likeness (QED) is 0.432. The summed E-state index contributed by atoms with van der Waals surface area (Å²) in [6, 6.07) is 0. The fourth-order valence-electron chi connectivity index (χ4n) is 0.117. The molecule has 0 atom stereocenters. The van der Waals surface area contributed by atoms with Gasteiger partial charge in [-0.3, -0.25) is 19.2 Å². The van der Waals surface area contributed by atoms with E-state index in [2.05, 4.69) is 11.3 Å². The van der Waals surface area contributed by atoms with Crippen LogP contribution in [0, 0.1) is 0 Å². The van der Waals surface area contributed by atoms with Gasteiger partial charge in [0.25, 0.3) is 5.97 Å². The third-order valence-electron chi connectivity index (χ3n) is 0.745. The van der Waals surface area contributed by atoms with Crippen molar-refractivity contribution in [1.82, 2.24) is 0 Å². The molecule has 0 amide bonds. The van der Waals surface area contributed by atoms with Gasteiger partial charge in [0.15, 0.2) is 11.6 Å². The average Bonchev–Trinajstić information content (AvgIpc) is 2.03. The predicted octanol–water partition coefficient (Wildman–Crippen LogP) is 0.948. The second-order valence-corrected chi connectivity index (χ2v) is 2.41. The Morgan fingerprint density at radius 1 is 1.00 bits per heavy atom. The highest BCUT2D eigenvalue weighted by atomic mass is 16.5. The third kappa shape index (κ3) is 57.9. The van der Waals surface area contributed by atoms with Crippen molar-refractivity contribution in [3.05, 3.63) is 12.8 Å². The maximum atomic E-state index is 9.79. The number of ether oxygens (including phenoxy) is 1. The summed E-state index contributed by atoms with van der Waals surface area (Å²) < 4.78 is 4.17. The minimum Gasteiger partial charge on any atom is -0.481 e. The summed E-state index contributed by atoms with van der Waals surface area (Å²) in [5.41, 5.74) is 0. The minimum absolute atomic E-state index is 0.329. The SMILES string of the molecule is C=COC(C)=O.CC(=O)C(C)=O.CC(=O)O. The highest BCUT2D eigenvalue weighted by Crippen LogP contribution is 1.70. The summed E-state index contributed by atoms with van der Waals surface area (Å²) in [5, 5.41) is 7.42. The molecule has 0 aromatic heterocycles. The number of ketones is 2. The summed E-state index contributed by atoms with van der Waals surface area (Å²) in [6.07, 6.45) is 1.10. The van der Waals surface area contributed by atoms with Crippen molar-refractivity contribution < 1.29 is 29.0 Å². The van der Waals surface area contributed by atoms with Crippen LogP contribution in [0.25, 0.3) is 0 Å². The lowest BCUT2D eigenvalue weighted by molar-refractivity contribution is -0.136. The number of Topliss-reactive ketones (excluding diaryl/α,β-unsaturated/α-hetero) is 2. The number of rotatable bonds is 2. The molecular weight excluding hydrogens is 216 g/mol. The first-order chi connectivity index (χ1) is 7.14.